The number of hydrogen-bond acceptors (Lipinski definition) is 2. The third-order valence-electron chi connectivity index (χ3n) is 1.27. The van der Waals surface area contributed by atoms with Gasteiger partial charge in [-0.3, -0.25) is 0 Å². The second kappa shape index (κ2) is 11.8. The average Bonchev–Trinajstić information content (AvgIpc) is 2.28. The normalized spacial score (nSPS) is 7.50. The first-order valence-electron chi connectivity index (χ1n) is 5.36. The summed E-state index contributed by atoms with van der Waals surface area (Å²) in [6.07, 6.45) is 0. The van der Waals surface area contributed by atoms with Crippen molar-refractivity contribution >= 4 is 5.69 Å². The molecule has 1 rings (SSSR count). The molecule has 0 aliphatic heterocycles. The van der Waals surface area contributed by atoms with Gasteiger partial charge in [0, 0.05) is 7.97 Å². The zero-order valence-electron chi connectivity index (χ0n) is 9.96. The Balaban J connectivity index is -0.000000258. The SMILES string of the molecule is CC.CC.CCNc1ccccc1O.[HH]. The Labute approximate surface area is 89.5 Å². The topological polar surface area (TPSA) is 32.3 Å². The molecule has 14 heavy (non-hydrogen) atoms. The summed E-state index contributed by atoms with van der Waals surface area (Å²) < 4.78 is 0. The summed E-state index contributed by atoms with van der Waals surface area (Å²) in [5, 5.41) is 12.2. The minimum Gasteiger partial charge on any atom is -0.506 e. The largest absolute Gasteiger partial charge is 0.506 e. The van der Waals surface area contributed by atoms with Gasteiger partial charge in [-0.1, -0.05) is 39.8 Å². The third kappa shape index (κ3) is 6.35. The van der Waals surface area contributed by atoms with Crippen LogP contribution in [-0.4, -0.2) is 11.7 Å². The smallest absolute Gasteiger partial charge is 0.138 e. The van der Waals surface area contributed by atoms with Crippen molar-refractivity contribution in [3.05, 3.63) is 24.3 Å². The van der Waals surface area contributed by atoms with Gasteiger partial charge in [0.1, 0.15) is 5.75 Å². The standard InChI is InChI=1S/C8H11NO.2C2H6.H2/c1-2-9-7-5-3-4-6-8(7)10;2*1-2;/h3-6,9-10H,2H2,1H3;2*1-2H3;1H. The van der Waals surface area contributed by atoms with Crippen molar-refractivity contribution in [2.75, 3.05) is 11.9 Å². The Morgan fingerprint density at radius 2 is 1.64 bits per heavy atom. The minimum absolute atomic E-state index is 0. The molecule has 0 unspecified atom stereocenters. The monoisotopic (exact) mass is 199 g/mol. The van der Waals surface area contributed by atoms with E-state index in [1.807, 2.05) is 46.8 Å². The van der Waals surface area contributed by atoms with Crippen LogP contribution in [0.3, 0.4) is 0 Å². The van der Waals surface area contributed by atoms with Gasteiger partial charge in [-0.05, 0) is 19.1 Å². The maximum absolute atomic E-state index is 9.18. The number of nitrogens with one attached hydrogen (secondary N) is 1. The van der Waals surface area contributed by atoms with Crippen molar-refractivity contribution in [3.8, 4) is 5.75 Å². The van der Waals surface area contributed by atoms with Gasteiger partial charge in [0.05, 0.1) is 5.69 Å². The Hall–Kier alpha value is -1.18. The molecule has 1 aromatic rings. The second-order valence-corrected chi connectivity index (χ2v) is 2.05. The number of benzene rings is 1. The second-order valence-electron chi connectivity index (χ2n) is 2.05. The summed E-state index contributed by atoms with van der Waals surface area (Å²) in [4.78, 5) is 0. The minimum atomic E-state index is 0. The Kier molecular flexibility index (Phi) is 12.9. The molecule has 0 saturated carbocycles. The van der Waals surface area contributed by atoms with E-state index in [2.05, 4.69) is 5.32 Å². The highest BCUT2D eigenvalue weighted by Crippen LogP contribution is 2.20. The summed E-state index contributed by atoms with van der Waals surface area (Å²) in [5.74, 6) is 0.310. The fourth-order valence-electron chi connectivity index (χ4n) is 0.814. The van der Waals surface area contributed by atoms with Gasteiger partial charge in [0.2, 0.25) is 0 Å². The van der Waals surface area contributed by atoms with E-state index in [0.29, 0.717) is 5.75 Å². The third-order valence-corrected chi connectivity index (χ3v) is 1.27. The molecule has 0 spiro atoms. The zero-order valence-corrected chi connectivity index (χ0v) is 9.96. The van der Waals surface area contributed by atoms with E-state index in [-0.39, 0.29) is 1.43 Å². The van der Waals surface area contributed by atoms with Gasteiger partial charge in [0.25, 0.3) is 0 Å². The summed E-state index contributed by atoms with van der Waals surface area (Å²) in [7, 11) is 0. The summed E-state index contributed by atoms with van der Waals surface area (Å²) in [6.45, 7) is 10.8. The number of anilines is 1. The first-order valence-corrected chi connectivity index (χ1v) is 5.36. The molecular formula is C12H25NO. The van der Waals surface area contributed by atoms with E-state index in [9.17, 15) is 5.11 Å². The van der Waals surface area contributed by atoms with E-state index < -0.39 is 0 Å². The number of aromatic hydroxyl groups is 1. The van der Waals surface area contributed by atoms with Crippen LogP contribution in [0.5, 0.6) is 5.75 Å². The van der Waals surface area contributed by atoms with Gasteiger partial charge >= 0.3 is 0 Å². The molecule has 1 aromatic carbocycles. The van der Waals surface area contributed by atoms with E-state index in [1.54, 1.807) is 12.1 Å². The molecule has 0 radical (unpaired) electrons. The quantitative estimate of drug-likeness (QED) is 0.702. The predicted molar refractivity (Wildman–Crippen MR) is 67.1 cm³/mol. The molecule has 2 heteroatoms. The molecule has 0 aliphatic carbocycles. The molecule has 0 aromatic heterocycles. The van der Waals surface area contributed by atoms with Crippen molar-refractivity contribution in [3.63, 3.8) is 0 Å². The first kappa shape index (κ1) is 15.3. The van der Waals surface area contributed by atoms with Crippen LogP contribution in [0.25, 0.3) is 0 Å². The molecule has 84 valence electrons. The highest BCUT2D eigenvalue weighted by Gasteiger charge is 1.93. The average molecular weight is 199 g/mol. The fraction of sp³-hybridized carbons (Fsp3) is 0.500. The first-order chi connectivity index (χ1) is 6.84. The molecule has 2 nitrogen and oxygen atoms in total. The van der Waals surface area contributed by atoms with Crippen molar-refractivity contribution in [1.82, 2.24) is 0 Å². The summed E-state index contributed by atoms with van der Waals surface area (Å²) in [6, 6.07) is 7.20. The highest BCUT2D eigenvalue weighted by molar-refractivity contribution is 5.54. The lowest BCUT2D eigenvalue weighted by atomic mass is 10.3. The molecule has 0 bridgehead atoms. The van der Waals surface area contributed by atoms with Crippen molar-refractivity contribution < 1.29 is 6.53 Å². The number of phenols is 1. The predicted octanol–water partition coefficient (Wildman–Crippen LogP) is 4.12. The van der Waals surface area contributed by atoms with Crippen molar-refractivity contribution in [1.29, 1.82) is 0 Å². The lowest BCUT2D eigenvalue weighted by Crippen LogP contribution is -1.95. The van der Waals surface area contributed by atoms with Crippen LogP contribution in [0.2, 0.25) is 0 Å². The van der Waals surface area contributed by atoms with E-state index in [0.717, 1.165) is 12.2 Å². The molecular weight excluding hydrogens is 174 g/mol. The molecule has 0 amide bonds. The van der Waals surface area contributed by atoms with Gasteiger partial charge in [-0.2, -0.15) is 0 Å². The molecule has 0 aliphatic rings. The maximum atomic E-state index is 9.18. The van der Waals surface area contributed by atoms with Crippen LogP contribution >= 0.6 is 0 Å². The molecule has 0 heterocycles. The van der Waals surface area contributed by atoms with Crippen LogP contribution in [0.15, 0.2) is 24.3 Å². The van der Waals surface area contributed by atoms with E-state index in [4.69, 9.17) is 0 Å². The number of rotatable bonds is 2. The summed E-state index contributed by atoms with van der Waals surface area (Å²) >= 11 is 0. The number of phenolic OH excluding ortho intramolecular Hbond substituents is 1. The lowest BCUT2D eigenvalue weighted by Gasteiger charge is -2.03. The molecule has 2 N–H and O–H groups in total. The Morgan fingerprint density at radius 1 is 1.14 bits per heavy atom. The van der Waals surface area contributed by atoms with Crippen LogP contribution in [0, 0.1) is 0 Å². The number of hydrogen-bond donors (Lipinski definition) is 2. The fourth-order valence-corrected chi connectivity index (χ4v) is 0.814. The van der Waals surface area contributed by atoms with Gasteiger partial charge in [0.15, 0.2) is 0 Å². The van der Waals surface area contributed by atoms with Crippen LogP contribution in [0.1, 0.15) is 36.0 Å². The highest BCUT2D eigenvalue weighted by atomic mass is 16.3. The molecule has 0 atom stereocenters. The van der Waals surface area contributed by atoms with Crippen molar-refractivity contribution in [2.24, 2.45) is 0 Å². The maximum Gasteiger partial charge on any atom is 0.138 e. The lowest BCUT2D eigenvalue weighted by molar-refractivity contribution is 0.477. The van der Waals surface area contributed by atoms with Crippen LogP contribution in [-0.2, 0) is 0 Å². The van der Waals surface area contributed by atoms with E-state index in [1.165, 1.54) is 0 Å². The Morgan fingerprint density at radius 3 is 2.07 bits per heavy atom. The number of para-hydroxylation sites is 2. The molecule has 0 saturated heterocycles. The zero-order chi connectivity index (χ0) is 11.4. The van der Waals surface area contributed by atoms with Crippen LogP contribution in [0.4, 0.5) is 5.69 Å². The summed E-state index contributed by atoms with van der Waals surface area (Å²) in [5.41, 5.74) is 0.796. The van der Waals surface area contributed by atoms with Crippen molar-refractivity contribution in [2.45, 2.75) is 34.6 Å². The van der Waals surface area contributed by atoms with Gasteiger partial charge in [-0.15, -0.1) is 0 Å². The van der Waals surface area contributed by atoms with Crippen LogP contribution < -0.4 is 5.32 Å². The van der Waals surface area contributed by atoms with Gasteiger partial charge < -0.3 is 10.4 Å². The molecule has 0 fully saturated rings. The Bertz CT molecular complexity index is 217. The van der Waals surface area contributed by atoms with Gasteiger partial charge in [-0.25, -0.2) is 0 Å². The van der Waals surface area contributed by atoms with E-state index >= 15 is 0 Å².